The van der Waals surface area contributed by atoms with Gasteiger partial charge in [-0.1, -0.05) is 23.5 Å². The highest BCUT2D eigenvalue weighted by molar-refractivity contribution is 7.16. The van der Waals surface area contributed by atoms with Crippen LogP contribution >= 0.6 is 11.3 Å². The van der Waals surface area contributed by atoms with E-state index in [0.717, 1.165) is 16.9 Å². The fourth-order valence-corrected chi connectivity index (χ4v) is 2.82. The van der Waals surface area contributed by atoms with Gasteiger partial charge in [-0.2, -0.15) is 0 Å². The Bertz CT molecular complexity index is 1010. The lowest BCUT2D eigenvalue weighted by atomic mass is 10.1. The van der Waals surface area contributed by atoms with E-state index in [0.29, 0.717) is 21.6 Å². The molecule has 0 spiro atoms. The highest BCUT2D eigenvalue weighted by Crippen LogP contribution is 2.23. The number of benzene rings is 2. The van der Waals surface area contributed by atoms with Crippen molar-refractivity contribution in [2.24, 2.45) is 0 Å². The van der Waals surface area contributed by atoms with E-state index >= 15 is 0 Å². The summed E-state index contributed by atoms with van der Waals surface area (Å²) < 4.78 is 10.8. The van der Waals surface area contributed by atoms with Crippen molar-refractivity contribution in [2.75, 3.05) is 7.05 Å². The van der Waals surface area contributed by atoms with E-state index in [-0.39, 0.29) is 5.91 Å². The number of hydrogen-bond donors (Lipinski definition) is 1. The molecule has 126 valence electrons. The zero-order valence-electron chi connectivity index (χ0n) is 13.1. The molecule has 2 aromatic carbocycles. The second-order valence-corrected chi connectivity index (χ2v) is 6.00. The molecule has 0 saturated carbocycles. The standard InChI is InChI=1S/C18H13NO5S/c1-19-17(21)12-5-2-11(3-6-12)4-9-16(20)23-13-7-8-14-15(10-13)25-18(22)24-14/h2-10H,1H3,(H,19,21). The lowest BCUT2D eigenvalue weighted by molar-refractivity contribution is -0.128. The molecule has 6 nitrogen and oxygen atoms in total. The largest absolute Gasteiger partial charge is 0.423 e. The lowest BCUT2D eigenvalue weighted by Gasteiger charge is -2.01. The summed E-state index contributed by atoms with van der Waals surface area (Å²) in [5, 5.41) is 2.54. The molecule has 0 aliphatic heterocycles. The van der Waals surface area contributed by atoms with Crippen molar-refractivity contribution in [1.82, 2.24) is 5.32 Å². The van der Waals surface area contributed by atoms with Gasteiger partial charge in [0.15, 0.2) is 0 Å². The summed E-state index contributed by atoms with van der Waals surface area (Å²) in [6, 6.07) is 11.5. The number of rotatable bonds is 4. The average Bonchev–Trinajstić information content (AvgIpc) is 2.99. The Morgan fingerprint density at radius 3 is 2.64 bits per heavy atom. The Morgan fingerprint density at radius 2 is 1.92 bits per heavy atom. The van der Waals surface area contributed by atoms with Crippen molar-refractivity contribution in [3.05, 3.63) is 69.4 Å². The van der Waals surface area contributed by atoms with Gasteiger partial charge >= 0.3 is 10.9 Å². The number of nitrogens with one attached hydrogen (secondary N) is 1. The number of carbonyl (C=O) groups is 2. The fourth-order valence-electron chi connectivity index (χ4n) is 2.12. The summed E-state index contributed by atoms with van der Waals surface area (Å²) in [5.74, 6) is -0.397. The summed E-state index contributed by atoms with van der Waals surface area (Å²) in [6.45, 7) is 0. The predicted molar refractivity (Wildman–Crippen MR) is 94.9 cm³/mol. The molecule has 0 fully saturated rings. The van der Waals surface area contributed by atoms with Crippen LogP contribution in [0.1, 0.15) is 15.9 Å². The van der Waals surface area contributed by atoms with Crippen molar-refractivity contribution in [3.8, 4) is 5.75 Å². The summed E-state index contributed by atoms with van der Waals surface area (Å²) in [4.78, 5) is 34.1. The van der Waals surface area contributed by atoms with Gasteiger partial charge in [0.25, 0.3) is 5.91 Å². The summed E-state index contributed by atoms with van der Waals surface area (Å²) >= 11 is 0.945. The van der Waals surface area contributed by atoms with Gasteiger partial charge in [-0.3, -0.25) is 4.79 Å². The Morgan fingerprint density at radius 1 is 1.16 bits per heavy atom. The normalized spacial score (nSPS) is 10.9. The van der Waals surface area contributed by atoms with E-state index in [1.165, 1.54) is 6.08 Å². The number of esters is 1. The Balaban J connectivity index is 1.67. The van der Waals surface area contributed by atoms with Crippen LogP contribution in [0.4, 0.5) is 0 Å². The van der Waals surface area contributed by atoms with Gasteiger partial charge in [0, 0.05) is 24.8 Å². The predicted octanol–water partition coefficient (Wildman–Crippen LogP) is 2.83. The van der Waals surface area contributed by atoms with Crippen LogP contribution in [0.2, 0.25) is 0 Å². The van der Waals surface area contributed by atoms with E-state index in [1.807, 2.05) is 0 Å². The minimum absolute atomic E-state index is 0.174. The topological polar surface area (TPSA) is 85.6 Å². The molecule has 0 aliphatic rings. The third-order valence-electron chi connectivity index (χ3n) is 3.33. The molecule has 0 radical (unpaired) electrons. The zero-order valence-corrected chi connectivity index (χ0v) is 14.0. The number of hydrogen-bond acceptors (Lipinski definition) is 6. The van der Waals surface area contributed by atoms with Crippen LogP contribution in [-0.2, 0) is 4.79 Å². The first kappa shape index (κ1) is 16.7. The Kier molecular flexibility index (Phi) is 4.76. The molecule has 0 saturated heterocycles. The molecule has 0 atom stereocenters. The minimum Gasteiger partial charge on any atom is -0.423 e. The smallest absolute Gasteiger partial charge is 0.396 e. The molecule has 1 N–H and O–H groups in total. The van der Waals surface area contributed by atoms with E-state index in [1.54, 1.807) is 55.6 Å². The van der Waals surface area contributed by atoms with E-state index in [2.05, 4.69) is 5.32 Å². The molecule has 7 heteroatoms. The first-order chi connectivity index (χ1) is 12.0. The minimum atomic E-state index is -0.550. The molecule has 0 bridgehead atoms. The molecule has 1 aromatic heterocycles. The molecule has 0 aliphatic carbocycles. The summed E-state index contributed by atoms with van der Waals surface area (Å²) in [6.07, 6.45) is 2.88. The Hall–Kier alpha value is -3.19. The summed E-state index contributed by atoms with van der Waals surface area (Å²) in [5.41, 5.74) is 1.75. The van der Waals surface area contributed by atoms with Crippen LogP contribution in [0.25, 0.3) is 16.4 Å². The zero-order chi connectivity index (χ0) is 17.8. The van der Waals surface area contributed by atoms with Gasteiger partial charge in [0.1, 0.15) is 11.3 Å². The quantitative estimate of drug-likeness (QED) is 0.442. The van der Waals surface area contributed by atoms with Crippen molar-refractivity contribution in [1.29, 1.82) is 0 Å². The van der Waals surface area contributed by atoms with Crippen LogP contribution < -0.4 is 15.0 Å². The van der Waals surface area contributed by atoms with Gasteiger partial charge < -0.3 is 14.5 Å². The van der Waals surface area contributed by atoms with Crippen LogP contribution in [0.5, 0.6) is 5.75 Å². The second kappa shape index (κ2) is 7.14. The average molecular weight is 355 g/mol. The van der Waals surface area contributed by atoms with Crippen LogP contribution in [0, 0.1) is 0 Å². The second-order valence-electron chi connectivity index (χ2n) is 5.02. The maximum absolute atomic E-state index is 11.9. The molecule has 0 unspecified atom stereocenters. The summed E-state index contributed by atoms with van der Waals surface area (Å²) in [7, 11) is 1.56. The first-order valence-electron chi connectivity index (χ1n) is 7.31. The van der Waals surface area contributed by atoms with Crippen molar-refractivity contribution in [3.63, 3.8) is 0 Å². The highest BCUT2D eigenvalue weighted by Gasteiger charge is 2.06. The Labute approximate surface area is 146 Å². The van der Waals surface area contributed by atoms with E-state index in [9.17, 15) is 14.4 Å². The maximum Gasteiger partial charge on any atom is 0.396 e. The van der Waals surface area contributed by atoms with Crippen molar-refractivity contribution in [2.45, 2.75) is 0 Å². The molecule has 3 aromatic rings. The van der Waals surface area contributed by atoms with Crippen molar-refractivity contribution >= 4 is 39.6 Å². The third-order valence-corrected chi connectivity index (χ3v) is 4.12. The van der Waals surface area contributed by atoms with Gasteiger partial charge in [0.2, 0.25) is 0 Å². The van der Waals surface area contributed by atoms with E-state index < -0.39 is 10.9 Å². The van der Waals surface area contributed by atoms with Crippen LogP contribution in [0.15, 0.2) is 57.8 Å². The van der Waals surface area contributed by atoms with Crippen LogP contribution in [-0.4, -0.2) is 18.9 Å². The van der Waals surface area contributed by atoms with Gasteiger partial charge in [-0.25, -0.2) is 9.59 Å². The molecule has 1 amide bonds. The molecule has 25 heavy (non-hydrogen) atoms. The van der Waals surface area contributed by atoms with Gasteiger partial charge in [-0.15, -0.1) is 0 Å². The molecular weight excluding hydrogens is 342 g/mol. The van der Waals surface area contributed by atoms with Gasteiger partial charge in [0.05, 0.1) is 4.70 Å². The fraction of sp³-hybridized carbons (Fsp3) is 0.0556. The molecule has 1 heterocycles. The molecular formula is C18H13NO5S. The third kappa shape index (κ3) is 4.02. The number of amides is 1. The van der Waals surface area contributed by atoms with Crippen LogP contribution in [0.3, 0.4) is 0 Å². The van der Waals surface area contributed by atoms with E-state index in [4.69, 9.17) is 9.15 Å². The molecule has 3 rings (SSSR count). The van der Waals surface area contributed by atoms with Gasteiger partial charge in [-0.05, 0) is 35.9 Å². The SMILES string of the molecule is CNC(=O)c1ccc(C=CC(=O)Oc2ccc3oc(=O)sc3c2)cc1. The number of ether oxygens (including phenoxy) is 1. The highest BCUT2D eigenvalue weighted by atomic mass is 32.1. The number of carbonyl (C=O) groups excluding carboxylic acids is 2. The monoisotopic (exact) mass is 355 g/mol. The van der Waals surface area contributed by atoms with Crippen molar-refractivity contribution < 1.29 is 18.7 Å². The first-order valence-corrected chi connectivity index (χ1v) is 8.12. The maximum atomic E-state index is 11.9. The lowest BCUT2D eigenvalue weighted by Crippen LogP contribution is -2.17. The number of fused-ring (bicyclic) bond motifs is 1.